The molecule has 1 aliphatic rings. The molecule has 0 spiro atoms. The summed E-state index contributed by atoms with van der Waals surface area (Å²) in [6.07, 6.45) is 1.80. The van der Waals surface area contributed by atoms with Gasteiger partial charge in [0, 0.05) is 26.6 Å². The Morgan fingerprint density at radius 1 is 1.57 bits per heavy atom. The normalized spacial score (nSPS) is 20.0. The molecule has 1 fully saturated rings. The molecule has 1 saturated heterocycles. The maximum absolute atomic E-state index is 12.3. The number of carbonyl (C=O) groups is 1. The van der Waals surface area contributed by atoms with Gasteiger partial charge in [0.2, 0.25) is 5.89 Å². The Morgan fingerprint density at radius 3 is 2.90 bits per heavy atom. The number of urea groups is 1. The molecule has 0 radical (unpaired) electrons. The van der Waals surface area contributed by atoms with E-state index in [1.807, 2.05) is 11.8 Å². The molecule has 1 N–H and O–H groups in total. The maximum Gasteiger partial charge on any atom is 0.317 e. The quantitative estimate of drug-likeness (QED) is 0.889. The Morgan fingerprint density at radius 2 is 2.33 bits per heavy atom. The predicted molar refractivity (Wildman–Crippen MR) is 78.8 cm³/mol. The molecule has 2 atom stereocenters. The lowest BCUT2D eigenvalue weighted by atomic mass is 10.1. The van der Waals surface area contributed by atoms with Crippen molar-refractivity contribution in [2.24, 2.45) is 5.92 Å². The second kappa shape index (κ2) is 6.89. The average Bonchev–Trinajstić information content (AvgIpc) is 3.04. The molecule has 2 rings (SSSR count). The van der Waals surface area contributed by atoms with Crippen LogP contribution in [0.15, 0.2) is 4.52 Å². The van der Waals surface area contributed by atoms with Crippen LogP contribution in [0, 0.1) is 12.8 Å². The number of aryl methyl sites for hydroxylation is 1. The zero-order chi connectivity index (χ0) is 15.4. The molecule has 0 unspecified atom stereocenters. The van der Waals surface area contributed by atoms with E-state index in [4.69, 9.17) is 4.52 Å². The van der Waals surface area contributed by atoms with E-state index in [0.29, 0.717) is 17.6 Å². The number of carbonyl (C=O) groups excluding carboxylic acids is 1. The highest BCUT2D eigenvalue weighted by molar-refractivity contribution is 5.74. The van der Waals surface area contributed by atoms with Gasteiger partial charge >= 0.3 is 6.03 Å². The van der Waals surface area contributed by atoms with Crippen molar-refractivity contribution in [3.8, 4) is 0 Å². The molecule has 21 heavy (non-hydrogen) atoms. The Kier molecular flexibility index (Phi) is 5.17. The summed E-state index contributed by atoms with van der Waals surface area (Å²) in [5.74, 6) is 1.62. The maximum atomic E-state index is 12.3. The average molecular weight is 295 g/mol. The lowest BCUT2D eigenvalue weighted by Crippen LogP contribution is -2.41. The van der Waals surface area contributed by atoms with Crippen molar-refractivity contribution in [1.82, 2.24) is 25.3 Å². The molecule has 0 saturated carbocycles. The van der Waals surface area contributed by atoms with Gasteiger partial charge in [0.05, 0.1) is 6.04 Å². The van der Waals surface area contributed by atoms with Gasteiger partial charge in [0.1, 0.15) is 0 Å². The van der Waals surface area contributed by atoms with Crippen LogP contribution in [0.25, 0.3) is 0 Å². The van der Waals surface area contributed by atoms with Gasteiger partial charge in [-0.15, -0.1) is 0 Å². The first-order valence-corrected chi connectivity index (χ1v) is 7.50. The molecule has 7 heteroatoms. The largest absolute Gasteiger partial charge is 0.340 e. The van der Waals surface area contributed by atoms with Crippen LogP contribution >= 0.6 is 0 Å². The predicted octanol–water partition coefficient (Wildman–Crippen LogP) is 1.42. The van der Waals surface area contributed by atoms with Crippen molar-refractivity contribution >= 4 is 6.03 Å². The van der Waals surface area contributed by atoms with E-state index in [1.54, 1.807) is 6.92 Å². The highest BCUT2D eigenvalue weighted by Gasteiger charge is 2.28. The van der Waals surface area contributed by atoms with Crippen molar-refractivity contribution in [1.29, 1.82) is 0 Å². The molecule has 1 aromatic heterocycles. The lowest BCUT2D eigenvalue weighted by Gasteiger charge is -2.21. The summed E-state index contributed by atoms with van der Waals surface area (Å²) in [5, 5.41) is 6.90. The van der Waals surface area contributed by atoms with Crippen LogP contribution in [0.3, 0.4) is 0 Å². The summed E-state index contributed by atoms with van der Waals surface area (Å²) in [6, 6.07) is -0.228. The van der Waals surface area contributed by atoms with Crippen molar-refractivity contribution < 1.29 is 9.32 Å². The van der Waals surface area contributed by atoms with E-state index in [1.165, 1.54) is 0 Å². The van der Waals surface area contributed by atoms with Gasteiger partial charge in [-0.1, -0.05) is 12.1 Å². The van der Waals surface area contributed by atoms with Crippen LogP contribution in [0.5, 0.6) is 0 Å². The van der Waals surface area contributed by atoms with E-state index >= 15 is 0 Å². The zero-order valence-electron chi connectivity index (χ0n) is 13.3. The summed E-state index contributed by atoms with van der Waals surface area (Å²) in [4.78, 5) is 20.6. The number of amides is 2. The van der Waals surface area contributed by atoms with E-state index in [0.717, 1.165) is 32.5 Å². The Balaban J connectivity index is 1.89. The van der Waals surface area contributed by atoms with Crippen LogP contribution in [0.2, 0.25) is 0 Å². The van der Waals surface area contributed by atoms with Gasteiger partial charge in [-0.2, -0.15) is 4.98 Å². The van der Waals surface area contributed by atoms with Crippen LogP contribution in [-0.2, 0) is 0 Å². The van der Waals surface area contributed by atoms with Gasteiger partial charge in [-0.3, -0.25) is 0 Å². The standard InChI is InChI=1S/C14H25N5O2/c1-5-12(13-15-10(2)21-17-13)16-14(20)19-7-6-11(9-19)8-18(3)4/h11-12H,5-9H2,1-4H3,(H,16,20)/t11-,12+/m0/s1. The van der Waals surface area contributed by atoms with Crippen molar-refractivity contribution in [2.75, 3.05) is 33.7 Å². The third-order valence-electron chi connectivity index (χ3n) is 3.76. The van der Waals surface area contributed by atoms with Crippen molar-refractivity contribution in [3.63, 3.8) is 0 Å². The third-order valence-corrected chi connectivity index (χ3v) is 3.76. The molecule has 0 aromatic carbocycles. The molecular formula is C14H25N5O2. The van der Waals surface area contributed by atoms with Gasteiger partial charge in [-0.25, -0.2) is 4.79 Å². The van der Waals surface area contributed by atoms with Gasteiger partial charge in [-0.05, 0) is 32.9 Å². The number of nitrogens with zero attached hydrogens (tertiary/aromatic N) is 4. The van der Waals surface area contributed by atoms with Crippen LogP contribution in [-0.4, -0.2) is 59.7 Å². The number of hydrogen-bond donors (Lipinski definition) is 1. The molecule has 118 valence electrons. The molecule has 2 amide bonds. The molecule has 1 aromatic rings. The Bertz CT molecular complexity index is 474. The summed E-state index contributed by atoms with van der Waals surface area (Å²) in [5.41, 5.74) is 0. The van der Waals surface area contributed by atoms with E-state index in [-0.39, 0.29) is 12.1 Å². The van der Waals surface area contributed by atoms with E-state index < -0.39 is 0 Å². The summed E-state index contributed by atoms with van der Waals surface area (Å²) in [7, 11) is 4.13. The molecular weight excluding hydrogens is 270 g/mol. The minimum absolute atomic E-state index is 0.0365. The second-order valence-electron chi connectivity index (χ2n) is 5.94. The highest BCUT2D eigenvalue weighted by atomic mass is 16.5. The minimum atomic E-state index is -0.192. The van der Waals surface area contributed by atoms with Gasteiger partial charge < -0.3 is 19.6 Å². The summed E-state index contributed by atoms with van der Waals surface area (Å²) in [6.45, 7) is 6.38. The smallest absolute Gasteiger partial charge is 0.317 e. The number of hydrogen-bond acceptors (Lipinski definition) is 5. The Labute approximate surface area is 125 Å². The van der Waals surface area contributed by atoms with E-state index in [9.17, 15) is 4.79 Å². The highest BCUT2D eigenvalue weighted by Crippen LogP contribution is 2.19. The Hall–Kier alpha value is -1.63. The first kappa shape index (κ1) is 15.8. The van der Waals surface area contributed by atoms with Crippen LogP contribution in [0.1, 0.15) is 37.5 Å². The van der Waals surface area contributed by atoms with Crippen LogP contribution in [0.4, 0.5) is 4.79 Å². The van der Waals surface area contributed by atoms with Crippen molar-refractivity contribution in [3.05, 3.63) is 11.7 Å². The number of rotatable bonds is 5. The second-order valence-corrected chi connectivity index (χ2v) is 5.94. The fourth-order valence-electron chi connectivity index (χ4n) is 2.73. The van der Waals surface area contributed by atoms with Crippen LogP contribution < -0.4 is 5.32 Å². The summed E-state index contributed by atoms with van der Waals surface area (Å²) < 4.78 is 4.98. The fourth-order valence-corrected chi connectivity index (χ4v) is 2.73. The molecule has 1 aliphatic heterocycles. The number of nitrogens with one attached hydrogen (secondary N) is 1. The third kappa shape index (κ3) is 4.17. The molecule has 7 nitrogen and oxygen atoms in total. The van der Waals surface area contributed by atoms with Crippen molar-refractivity contribution in [2.45, 2.75) is 32.7 Å². The molecule has 0 bridgehead atoms. The van der Waals surface area contributed by atoms with Gasteiger partial charge in [0.15, 0.2) is 5.82 Å². The topological polar surface area (TPSA) is 74.5 Å². The SMILES string of the molecule is CC[C@@H](NC(=O)N1CC[C@@H](CN(C)C)C1)c1noc(C)n1. The molecule has 0 aliphatic carbocycles. The minimum Gasteiger partial charge on any atom is -0.340 e. The monoisotopic (exact) mass is 295 g/mol. The number of likely N-dealkylation sites (tertiary alicyclic amines) is 1. The van der Waals surface area contributed by atoms with Gasteiger partial charge in [0.25, 0.3) is 0 Å². The lowest BCUT2D eigenvalue weighted by molar-refractivity contribution is 0.200. The first-order valence-electron chi connectivity index (χ1n) is 7.50. The zero-order valence-corrected chi connectivity index (χ0v) is 13.3. The molecule has 2 heterocycles. The van der Waals surface area contributed by atoms with E-state index in [2.05, 4.69) is 34.5 Å². The fraction of sp³-hybridized carbons (Fsp3) is 0.786. The first-order chi connectivity index (χ1) is 9.99. The summed E-state index contributed by atoms with van der Waals surface area (Å²) >= 11 is 0. The number of aromatic nitrogens is 2.